The van der Waals surface area contributed by atoms with Crippen molar-refractivity contribution in [3.8, 4) is 0 Å². The number of anilines is 2. The number of ketones is 1. The number of Topliss-reactive ketones (excluding diaryl/α,β-unsaturated/α-hetero) is 1. The lowest BCUT2D eigenvalue weighted by Crippen LogP contribution is -2.36. The lowest BCUT2D eigenvalue weighted by molar-refractivity contribution is 0.0988. The van der Waals surface area contributed by atoms with Gasteiger partial charge in [0.05, 0.1) is 26.4 Å². The maximum absolute atomic E-state index is 11.5. The van der Waals surface area contributed by atoms with Gasteiger partial charge in [-0.15, -0.1) is 0 Å². The third kappa shape index (κ3) is 8.12. The third-order valence-corrected chi connectivity index (χ3v) is 6.36. The molecule has 2 heterocycles. The molecule has 4 rings (SSSR count). The zero-order chi connectivity index (χ0) is 24.2. The summed E-state index contributed by atoms with van der Waals surface area (Å²) in [5.74, 6) is 0.202. The normalized spacial score (nSPS) is 17.0. The standard InChI is InChI=1S/C15H24N2O.C13H17NO2/c1-2-3-14(16)12-13-4-6-15(7-5-13)17-8-10-18-11-9-17;1-2-13(15)11-3-5-12(6-4-11)14-7-9-16-10-8-14/h4-7,14H,2-3,8-12,16H2,1H3;3-6H,2,7-10H2,1H3. The molecule has 0 saturated carbocycles. The molecular weight excluding hydrogens is 426 g/mol. The van der Waals surface area contributed by atoms with Crippen molar-refractivity contribution >= 4 is 17.2 Å². The van der Waals surface area contributed by atoms with E-state index in [1.165, 1.54) is 16.9 Å². The number of benzene rings is 2. The monoisotopic (exact) mass is 467 g/mol. The van der Waals surface area contributed by atoms with Crippen LogP contribution in [-0.2, 0) is 15.9 Å². The van der Waals surface area contributed by atoms with E-state index in [0.29, 0.717) is 12.5 Å². The minimum atomic E-state index is 0.202. The second kappa shape index (κ2) is 14.1. The van der Waals surface area contributed by atoms with Gasteiger partial charge in [-0.2, -0.15) is 0 Å². The molecule has 0 radical (unpaired) electrons. The Hall–Kier alpha value is -2.41. The van der Waals surface area contributed by atoms with Crippen molar-refractivity contribution in [3.05, 3.63) is 59.7 Å². The maximum Gasteiger partial charge on any atom is 0.162 e. The smallest absolute Gasteiger partial charge is 0.162 e. The number of hydrogen-bond acceptors (Lipinski definition) is 6. The van der Waals surface area contributed by atoms with Crippen molar-refractivity contribution in [1.82, 2.24) is 0 Å². The first-order chi connectivity index (χ1) is 16.6. The Kier molecular flexibility index (Phi) is 10.9. The first kappa shape index (κ1) is 26.2. The van der Waals surface area contributed by atoms with Crippen LogP contribution in [0.15, 0.2) is 48.5 Å². The van der Waals surface area contributed by atoms with Crippen LogP contribution in [0, 0.1) is 0 Å². The van der Waals surface area contributed by atoms with E-state index in [9.17, 15) is 4.79 Å². The molecule has 2 aromatic carbocycles. The van der Waals surface area contributed by atoms with Crippen molar-refractivity contribution in [3.63, 3.8) is 0 Å². The van der Waals surface area contributed by atoms with Crippen LogP contribution in [0.2, 0.25) is 0 Å². The number of ether oxygens (including phenoxy) is 2. The molecule has 186 valence electrons. The predicted octanol–water partition coefficient (Wildman–Crippen LogP) is 4.31. The van der Waals surface area contributed by atoms with E-state index in [2.05, 4.69) is 41.0 Å². The lowest BCUT2D eigenvalue weighted by Gasteiger charge is -2.29. The Labute approximate surface area is 205 Å². The van der Waals surface area contributed by atoms with E-state index >= 15 is 0 Å². The van der Waals surface area contributed by atoms with Gasteiger partial charge in [0.15, 0.2) is 5.78 Å². The van der Waals surface area contributed by atoms with Gasteiger partial charge in [-0.1, -0.05) is 32.4 Å². The zero-order valence-corrected chi connectivity index (χ0v) is 20.9. The van der Waals surface area contributed by atoms with E-state index in [1.54, 1.807) is 0 Å². The van der Waals surface area contributed by atoms with E-state index < -0.39 is 0 Å². The molecule has 2 aliphatic rings. The highest BCUT2D eigenvalue weighted by Gasteiger charge is 2.12. The van der Waals surface area contributed by atoms with Gasteiger partial charge in [0.1, 0.15) is 0 Å². The van der Waals surface area contributed by atoms with E-state index in [4.69, 9.17) is 15.2 Å². The van der Waals surface area contributed by atoms with E-state index in [0.717, 1.165) is 77.4 Å². The lowest BCUT2D eigenvalue weighted by atomic mass is 10.0. The number of carbonyl (C=O) groups excluding carboxylic acids is 1. The third-order valence-electron chi connectivity index (χ3n) is 6.36. The summed E-state index contributed by atoms with van der Waals surface area (Å²) >= 11 is 0. The molecule has 0 amide bonds. The Morgan fingerprint density at radius 3 is 1.74 bits per heavy atom. The summed E-state index contributed by atoms with van der Waals surface area (Å²) in [6.45, 7) is 11.2. The van der Waals surface area contributed by atoms with E-state index in [1.807, 2.05) is 31.2 Å². The minimum absolute atomic E-state index is 0.202. The summed E-state index contributed by atoms with van der Waals surface area (Å²) in [6.07, 6.45) is 3.81. The van der Waals surface area contributed by atoms with Gasteiger partial charge < -0.3 is 25.0 Å². The summed E-state index contributed by atoms with van der Waals surface area (Å²) in [4.78, 5) is 16.1. The Morgan fingerprint density at radius 1 is 0.824 bits per heavy atom. The highest BCUT2D eigenvalue weighted by Crippen LogP contribution is 2.18. The maximum atomic E-state index is 11.5. The quantitative estimate of drug-likeness (QED) is 0.584. The largest absolute Gasteiger partial charge is 0.378 e. The van der Waals surface area contributed by atoms with Crippen molar-refractivity contribution in [2.24, 2.45) is 5.73 Å². The van der Waals surface area contributed by atoms with Crippen LogP contribution in [0.4, 0.5) is 11.4 Å². The predicted molar refractivity (Wildman–Crippen MR) is 140 cm³/mol. The first-order valence-corrected chi connectivity index (χ1v) is 12.7. The molecule has 6 nitrogen and oxygen atoms in total. The second-order valence-electron chi connectivity index (χ2n) is 8.94. The van der Waals surface area contributed by atoms with Gasteiger partial charge in [-0.05, 0) is 54.8 Å². The molecule has 1 atom stereocenters. The molecule has 0 aliphatic carbocycles. The van der Waals surface area contributed by atoms with Crippen LogP contribution in [0.25, 0.3) is 0 Å². The molecule has 1 unspecified atom stereocenters. The van der Waals surface area contributed by atoms with Gasteiger partial charge in [-0.25, -0.2) is 0 Å². The van der Waals surface area contributed by atoms with Gasteiger partial charge in [0, 0.05) is 55.6 Å². The van der Waals surface area contributed by atoms with Crippen molar-refractivity contribution in [2.75, 3.05) is 62.4 Å². The van der Waals surface area contributed by atoms with Crippen LogP contribution in [0.5, 0.6) is 0 Å². The fraction of sp³-hybridized carbons (Fsp3) is 0.536. The van der Waals surface area contributed by atoms with Crippen molar-refractivity contribution in [1.29, 1.82) is 0 Å². The summed E-state index contributed by atoms with van der Waals surface area (Å²) < 4.78 is 10.7. The van der Waals surface area contributed by atoms with Crippen LogP contribution in [0.1, 0.15) is 49.0 Å². The van der Waals surface area contributed by atoms with E-state index in [-0.39, 0.29) is 5.78 Å². The highest BCUT2D eigenvalue weighted by atomic mass is 16.5. The number of morpholine rings is 2. The average Bonchev–Trinajstić information content (AvgIpc) is 2.90. The summed E-state index contributed by atoms with van der Waals surface area (Å²) in [5.41, 5.74) is 10.7. The minimum Gasteiger partial charge on any atom is -0.378 e. The van der Waals surface area contributed by atoms with Gasteiger partial charge in [0.2, 0.25) is 0 Å². The number of hydrogen-bond donors (Lipinski definition) is 1. The van der Waals surface area contributed by atoms with Crippen molar-refractivity contribution in [2.45, 2.75) is 45.6 Å². The molecule has 2 saturated heterocycles. The molecular formula is C28H41N3O3. The van der Waals surface area contributed by atoms with Crippen LogP contribution in [0.3, 0.4) is 0 Å². The second-order valence-corrected chi connectivity index (χ2v) is 8.94. The molecule has 2 aromatic rings. The number of carbonyl (C=O) groups is 1. The Balaban J connectivity index is 0.000000192. The molecule has 0 aromatic heterocycles. The molecule has 34 heavy (non-hydrogen) atoms. The Bertz CT molecular complexity index is 842. The van der Waals surface area contributed by atoms with Gasteiger partial charge >= 0.3 is 0 Å². The summed E-state index contributed by atoms with van der Waals surface area (Å²) in [5, 5.41) is 0. The van der Waals surface area contributed by atoms with Crippen LogP contribution in [-0.4, -0.2) is 64.4 Å². The number of nitrogens with zero attached hydrogens (tertiary/aromatic N) is 2. The van der Waals surface area contributed by atoms with Gasteiger partial charge in [0.25, 0.3) is 0 Å². The molecule has 6 heteroatoms. The Morgan fingerprint density at radius 2 is 1.29 bits per heavy atom. The molecule has 2 fully saturated rings. The van der Waals surface area contributed by atoms with Crippen LogP contribution < -0.4 is 15.5 Å². The summed E-state index contributed by atoms with van der Waals surface area (Å²) in [6, 6.07) is 17.0. The molecule has 2 aliphatic heterocycles. The topological polar surface area (TPSA) is 68.0 Å². The van der Waals surface area contributed by atoms with Crippen LogP contribution >= 0.6 is 0 Å². The molecule has 0 spiro atoms. The van der Waals surface area contributed by atoms with Crippen molar-refractivity contribution < 1.29 is 14.3 Å². The zero-order valence-electron chi connectivity index (χ0n) is 20.9. The highest BCUT2D eigenvalue weighted by molar-refractivity contribution is 5.96. The number of rotatable bonds is 8. The average molecular weight is 468 g/mol. The van der Waals surface area contributed by atoms with Gasteiger partial charge in [-0.3, -0.25) is 4.79 Å². The molecule has 0 bridgehead atoms. The molecule has 2 N–H and O–H groups in total. The fourth-order valence-electron chi connectivity index (χ4n) is 4.32. The summed E-state index contributed by atoms with van der Waals surface area (Å²) in [7, 11) is 0. The number of nitrogens with two attached hydrogens (primary N) is 1. The fourth-order valence-corrected chi connectivity index (χ4v) is 4.32. The SMILES string of the molecule is CCC(=O)c1ccc(N2CCOCC2)cc1.CCCC(N)Cc1ccc(N2CCOCC2)cc1. The first-order valence-electron chi connectivity index (χ1n) is 12.7.